The quantitative estimate of drug-likeness (QED) is 0.874. The topological polar surface area (TPSA) is 44.5 Å². The van der Waals surface area contributed by atoms with Crippen LogP contribution in [0.5, 0.6) is 11.5 Å². The van der Waals surface area contributed by atoms with Crippen LogP contribution in [0.1, 0.15) is 31.0 Å². The van der Waals surface area contributed by atoms with Crippen molar-refractivity contribution >= 4 is 0 Å². The first-order valence-electron chi connectivity index (χ1n) is 6.95. The third-order valence-corrected chi connectivity index (χ3v) is 3.06. The number of ether oxygens (including phenoxy) is 2. The molecule has 0 heterocycles. The molecule has 0 spiro atoms. The zero-order valence-electron chi connectivity index (χ0n) is 12.0. The maximum absolute atomic E-state index is 6.34. The van der Waals surface area contributed by atoms with Crippen molar-refractivity contribution in [1.29, 1.82) is 0 Å². The van der Waals surface area contributed by atoms with Crippen LogP contribution in [0.25, 0.3) is 0 Å². The third-order valence-electron chi connectivity index (χ3n) is 3.06. The molecular weight excluding hydrogens is 250 g/mol. The minimum atomic E-state index is -0.184. The van der Waals surface area contributed by atoms with Gasteiger partial charge in [0.25, 0.3) is 0 Å². The molecule has 0 aliphatic heterocycles. The molecule has 2 aromatic carbocycles. The van der Waals surface area contributed by atoms with E-state index in [2.05, 4.69) is 0 Å². The summed E-state index contributed by atoms with van der Waals surface area (Å²) < 4.78 is 11.0. The average Bonchev–Trinajstić information content (AvgIpc) is 2.48. The Hall–Kier alpha value is -2.00. The maximum Gasteiger partial charge on any atom is 0.119 e. The van der Waals surface area contributed by atoms with Gasteiger partial charge >= 0.3 is 0 Å². The van der Waals surface area contributed by atoms with Gasteiger partial charge in [-0.05, 0) is 49.2 Å². The zero-order valence-corrected chi connectivity index (χ0v) is 12.0. The molecule has 0 aliphatic rings. The highest BCUT2D eigenvalue weighted by Crippen LogP contribution is 2.25. The Labute approximate surface area is 120 Å². The number of benzene rings is 2. The lowest BCUT2D eigenvalue weighted by molar-refractivity contribution is 0.339. The summed E-state index contributed by atoms with van der Waals surface area (Å²) in [4.78, 5) is 0. The van der Waals surface area contributed by atoms with Crippen LogP contribution in [0.2, 0.25) is 0 Å². The van der Waals surface area contributed by atoms with E-state index < -0.39 is 0 Å². The fourth-order valence-corrected chi connectivity index (χ4v) is 2.12. The fourth-order valence-electron chi connectivity index (χ4n) is 2.12. The van der Waals surface area contributed by atoms with Crippen molar-refractivity contribution in [2.24, 2.45) is 5.73 Å². The normalized spacial score (nSPS) is 10.6. The van der Waals surface area contributed by atoms with Gasteiger partial charge in [-0.2, -0.15) is 0 Å². The first-order valence-corrected chi connectivity index (χ1v) is 6.95. The lowest BCUT2D eigenvalue weighted by Gasteiger charge is -2.15. The highest BCUT2D eigenvalue weighted by Gasteiger charge is 2.10. The predicted molar refractivity (Wildman–Crippen MR) is 81.3 cm³/mol. The molecule has 0 fully saturated rings. The van der Waals surface area contributed by atoms with E-state index in [-0.39, 0.29) is 6.04 Å². The number of nitrogens with two attached hydrogens (primary N) is 1. The van der Waals surface area contributed by atoms with Crippen LogP contribution in [-0.2, 0) is 0 Å². The van der Waals surface area contributed by atoms with Gasteiger partial charge in [-0.3, -0.25) is 0 Å². The Morgan fingerprint density at radius 3 is 1.70 bits per heavy atom. The van der Waals surface area contributed by atoms with Crippen molar-refractivity contribution in [2.75, 3.05) is 13.2 Å². The lowest BCUT2D eigenvalue weighted by atomic mass is 9.99. The Kier molecular flexibility index (Phi) is 5.02. The minimum Gasteiger partial charge on any atom is -0.494 e. The van der Waals surface area contributed by atoms with Gasteiger partial charge in [0.15, 0.2) is 0 Å². The van der Waals surface area contributed by atoms with Gasteiger partial charge in [-0.1, -0.05) is 24.3 Å². The van der Waals surface area contributed by atoms with E-state index in [1.807, 2.05) is 62.4 Å². The lowest BCUT2D eigenvalue weighted by Crippen LogP contribution is -2.12. The van der Waals surface area contributed by atoms with Gasteiger partial charge in [0.1, 0.15) is 11.5 Å². The average molecular weight is 271 g/mol. The van der Waals surface area contributed by atoms with E-state index in [1.165, 1.54) is 0 Å². The molecule has 0 unspecified atom stereocenters. The summed E-state index contributed by atoms with van der Waals surface area (Å²) in [5.41, 5.74) is 8.40. The summed E-state index contributed by atoms with van der Waals surface area (Å²) in [5, 5.41) is 0. The van der Waals surface area contributed by atoms with Crippen LogP contribution in [0, 0.1) is 0 Å². The molecule has 0 aromatic heterocycles. The van der Waals surface area contributed by atoms with Crippen molar-refractivity contribution in [3.05, 3.63) is 59.7 Å². The van der Waals surface area contributed by atoms with E-state index in [4.69, 9.17) is 15.2 Å². The highest BCUT2D eigenvalue weighted by molar-refractivity contribution is 5.39. The molecule has 20 heavy (non-hydrogen) atoms. The first-order chi connectivity index (χ1) is 9.74. The second kappa shape index (κ2) is 6.96. The van der Waals surface area contributed by atoms with Crippen LogP contribution >= 0.6 is 0 Å². The molecule has 3 heteroatoms. The second-order valence-electron chi connectivity index (χ2n) is 4.49. The molecule has 3 nitrogen and oxygen atoms in total. The van der Waals surface area contributed by atoms with E-state index in [0.717, 1.165) is 22.6 Å². The van der Waals surface area contributed by atoms with Crippen LogP contribution in [0.15, 0.2) is 48.5 Å². The summed E-state index contributed by atoms with van der Waals surface area (Å²) >= 11 is 0. The smallest absolute Gasteiger partial charge is 0.119 e. The van der Waals surface area contributed by atoms with Gasteiger partial charge in [-0.25, -0.2) is 0 Å². The van der Waals surface area contributed by atoms with Gasteiger partial charge < -0.3 is 15.2 Å². The first kappa shape index (κ1) is 14.4. The minimum absolute atomic E-state index is 0.184. The molecule has 0 bridgehead atoms. The Morgan fingerprint density at radius 2 is 1.30 bits per heavy atom. The zero-order chi connectivity index (χ0) is 14.4. The van der Waals surface area contributed by atoms with Gasteiger partial charge in [0.05, 0.1) is 19.3 Å². The molecule has 2 aromatic rings. The third kappa shape index (κ3) is 3.52. The summed E-state index contributed by atoms with van der Waals surface area (Å²) in [6, 6.07) is 15.6. The second-order valence-corrected chi connectivity index (χ2v) is 4.49. The van der Waals surface area contributed by atoms with Crippen molar-refractivity contribution in [3.63, 3.8) is 0 Å². The van der Waals surface area contributed by atoms with Gasteiger partial charge in [0, 0.05) is 0 Å². The van der Waals surface area contributed by atoms with E-state index >= 15 is 0 Å². The largest absolute Gasteiger partial charge is 0.494 e. The molecule has 0 amide bonds. The molecular formula is C17H21NO2. The van der Waals surface area contributed by atoms with Crippen LogP contribution in [-0.4, -0.2) is 13.2 Å². The molecule has 0 aliphatic carbocycles. The summed E-state index contributed by atoms with van der Waals surface area (Å²) in [6.07, 6.45) is 0. The van der Waals surface area contributed by atoms with Crippen molar-refractivity contribution in [1.82, 2.24) is 0 Å². The summed E-state index contributed by atoms with van der Waals surface area (Å²) in [6.45, 7) is 5.24. The number of hydrogen-bond donors (Lipinski definition) is 1. The summed E-state index contributed by atoms with van der Waals surface area (Å²) in [5.74, 6) is 1.70. The van der Waals surface area contributed by atoms with Crippen LogP contribution < -0.4 is 15.2 Å². The SMILES string of the molecule is CCOc1cccc(C(N)c2cccc(OCC)c2)c1. The summed E-state index contributed by atoms with van der Waals surface area (Å²) in [7, 11) is 0. The maximum atomic E-state index is 6.34. The van der Waals surface area contributed by atoms with Crippen molar-refractivity contribution in [3.8, 4) is 11.5 Å². The van der Waals surface area contributed by atoms with Crippen molar-refractivity contribution < 1.29 is 9.47 Å². The predicted octanol–water partition coefficient (Wildman–Crippen LogP) is 3.53. The molecule has 0 atom stereocenters. The molecule has 0 saturated carbocycles. The number of hydrogen-bond acceptors (Lipinski definition) is 3. The molecule has 2 N–H and O–H groups in total. The highest BCUT2D eigenvalue weighted by atomic mass is 16.5. The Bertz CT molecular complexity index is 505. The van der Waals surface area contributed by atoms with E-state index in [1.54, 1.807) is 0 Å². The monoisotopic (exact) mass is 271 g/mol. The standard InChI is InChI=1S/C17H21NO2/c1-3-19-15-9-5-7-13(11-15)17(18)14-8-6-10-16(12-14)20-4-2/h5-12,17H,3-4,18H2,1-2H3. The van der Waals surface area contributed by atoms with Gasteiger partial charge in [0.2, 0.25) is 0 Å². The van der Waals surface area contributed by atoms with Crippen LogP contribution in [0.3, 0.4) is 0 Å². The number of rotatable bonds is 6. The molecule has 0 saturated heterocycles. The Morgan fingerprint density at radius 1 is 0.850 bits per heavy atom. The van der Waals surface area contributed by atoms with Gasteiger partial charge in [-0.15, -0.1) is 0 Å². The molecule has 106 valence electrons. The van der Waals surface area contributed by atoms with E-state index in [9.17, 15) is 0 Å². The fraction of sp³-hybridized carbons (Fsp3) is 0.294. The van der Waals surface area contributed by atoms with Crippen molar-refractivity contribution in [2.45, 2.75) is 19.9 Å². The Balaban J connectivity index is 2.23. The van der Waals surface area contributed by atoms with E-state index in [0.29, 0.717) is 13.2 Å². The molecule has 0 radical (unpaired) electrons. The van der Waals surface area contributed by atoms with Crippen LogP contribution in [0.4, 0.5) is 0 Å². The molecule has 2 rings (SSSR count).